The molecule has 0 aliphatic carbocycles. The molecule has 0 saturated carbocycles. The van der Waals surface area contributed by atoms with Gasteiger partial charge in [-0.05, 0) is 50.1 Å². The second kappa shape index (κ2) is 9.98. The molecule has 3 rings (SSSR count). The van der Waals surface area contributed by atoms with Crippen LogP contribution in [-0.4, -0.2) is 60.4 Å². The lowest BCUT2D eigenvalue weighted by Crippen LogP contribution is -2.53. The van der Waals surface area contributed by atoms with E-state index in [4.69, 9.17) is 0 Å². The normalized spacial score (nSPS) is 16.0. The molecule has 2 aromatic carbocycles. The van der Waals surface area contributed by atoms with Crippen molar-refractivity contribution in [2.45, 2.75) is 26.8 Å². The van der Waals surface area contributed by atoms with Crippen LogP contribution in [0.25, 0.3) is 0 Å². The molecule has 6 nitrogen and oxygen atoms in total. The lowest BCUT2D eigenvalue weighted by molar-refractivity contribution is -0.122. The maximum Gasteiger partial charge on any atom is 0.241 e. The Balaban J connectivity index is 1.48. The Morgan fingerprint density at radius 1 is 1.00 bits per heavy atom. The number of amides is 2. The van der Waals surface area contributed by atoms with E-state index in [-0.39, 0.29) is 18.1 Å². The van der Waals surface area contributed by atoms with Crippen LogP contribution in [0.2, 0.25) is 0 Å². The fraction of sp³-hybridized carbons (Fsp3) is 0.391. The van der Waals surface area contributed by atoms with E-state index >= 15 is 0 Å². The molecule has 8 heteroatoms. The van der Waals surface area contributed by atoms with Crippen LogP contribution in [0.15, 0.2) is 36.4 Å². The van der Waals surface area contributed by atoms with Gasteiger partial charge < -0.3 is 10.6 Å². The van der Waals surface area contributed by atoms with Crippen LogP contribution < -0.4 is 10.6 Å². The van der Waals surface area contributed by atoms with Gasteiger partial charge in [0.05, 0.1) is 18.3 Å². The monoisotopic (exact) mass is 430 g/mol. The minimum Gasteiger partial charge on any atom is -0.325 e. The van der Waals surface area contributed by atoms with Crippen LogP contribution in [0.4, 0.5) is 20.2 Å². The van der Waals surface area contributed by atoms with E-state index in [1.807, 2.05) is 41.8 Å². The number of nitrogens with one attached hydrogen (secondary N) is 2. The maximum absolute atomic E-state index is 13.8. The van der Waals surface area contributed by atoms with Gasteiger partial charge in [-0.25, -0.2) is 8.78 Å². The van der Waals surface area contributed by atoms with E-state index in [0.717, 1.165) is 35.0 Å². The third-order valence-corrected chi connectivity index (χ3v) is 5.77. The smallest absolute Gasteiger partial charge is 0.241 e. The first kappa shape index (κ1) is 22.8. The molecule has 1 fully saturated rings. The first-order valence-corrected chi connectivity index (χ1v) is 10.3. The van der Waals surface area contributed by atoms with Gasteiger partial charge >= 0.3 is 0 Å². The number of rotatable bonds is 6. The highest BCUT2D eigenvalue weighted by Gasteiger charge is 2.27. The molecule has 1 aliphatic rings. The Hall–Kier alpha value is -2.84. The summed E-state index contributed by atoms with van der Waals surface area (Å²) in [6.45, 7) is 8.44. The number of halogens is 2. The van der Waals surface area contributed by atoms with Crippen molar-refractivity contribution >= 4 is 23.2 Å². The molecule has 2 aromatic rings. The van der Waals surface area contributed by atoms with Gasteiger partial charge in [-0.2, -0.15) is 0 Å². The van der Waals surface area contributed by atoms with E-state index < -0.39 is 23.6 Å². The summed E-state index contributed by atoms with van der Waals surface area (Å²) in [4.78, 5) is 28.9. The predicted octanol–water partition coefficient (Wildman–Crippen LogP) is 3.16. The van der Waals surface area contributed by atoms with Gasteiger partial charge in [0.2, 0.25) is 11.8 Å². The summed E-state index contributed by atoms with van der Waals surface area (Å²) in [5.74, 6) is -1.76. The van der Waals surface area contributed by atoms with Crippen LogP contribution in [-0.2, 0) is 9.59 Å². The molecule has 1 heterocycles. The number of piperazine rings is 1. The second-order valence-corrected chi connectivity index (χ2v) is 7.90. The number of hydrogen-bond donors (Lipinski definition) is 2. The molecule has 1 atom stereocenters. The lowest BCUT2D eigenvalue weighted by Gasteiger charge is -2.37. The van der Waals surface area contributed by atoms with Gasteiger partial charge in [0.15, 0.2) is 0 Å². The Morgan fingerprint density at radius 2 is 1.71 bits per heavy atom. The first-order chi connectivity index (χ1) is 14.7. The number of benzene rings is 2. The standard InChI is InChI=1S/C23H28F2N4O2/c1-15-5-4-6-20(16(15)2)26-22(30)14-28-9-11-29(12-10-28)17(3)23(31)27-21-13-18(24)7-8-19(21)25/h4-8,13,17H,9-12,14H2,1-3H3,(H,26,30)(H,27,31). The maximum atomic E-state index is 13.8. The molecule has 2 amide bonds. The van der Waals surface area contributed by atoms with Crippen LogP contribution in [0, 0.1) is 25.5 Å². The Labute approximate surface area is 181 Å². The molecule has 2 N–H and O–H groups in total. The molecule has 1 aliphatic heterocycles. The fourth-order valence-electron chi connectivity index (χ4n) is 3.58. The van der Waals surface area contributed by atoms with E-state index in [2.05, 4.69) is 10.6 Å². The zero-order chi connectivity index (χ0) is 22.5. The minimum absolute atomic E-state index is 0.0745. The number of aryl methyl sites for hydroxylation is 1. The van der Waals surface area contributed by atoms with E-state index in [1.165, 1.54) is 0 Å². The van der Waals surface area contributed by atoms with Crippen LogP contribution in [0.5, 0.6) is 0 Å². The molecule has 0 aromatic heterocycles. The minimum atomic E-state index is -0.679. The van der Waals surface area contributed by atoms with Gasteiger partial charge in [0, 0.05) is 37.9 Å². The SMILES string of the molecule is Cc1cccc(NC(=O)CN2CCN(C(C)C(=O)Nc3cc(F)ccc3F)CC2)c1C. The molecule has 166 valence electrons. The van der Waals surface area contributed by atoms with Gasteiger partial charge in [0.25, 0.3) is 0 Å². The van der Waals surface area contributed by atoms with Crippen molar-refractivity contribution in [2.24, 2.45) is 0 Å². The van der Waals surface area contributed by atoms with Crippen molar-refractivity contribution in [3.63, 3.8) is 0 Å². The van der Waals surface area contributed by atoms with Crippen molar-refractivity contribution in [3.05, 3.63) is 59.2 Å². The van der Waals surface area contributed by atoms with Crippen molar-refractivity contribution < 1.29 is 18.4 Å². The predicted molar refractivity (Wildman–Crippen MR) is 117 cm³/mol. The molecule has 0 radical (unpaired) electrons. The van der Waals surface area contributed by atoms with Crippen LogP contribution in [0.3, 0.4) is 0 Å². The van der Waals surface area contributed by atoms with Crippen LogP contribution in [0.1, 0.15) is 18.1 Å². The third-order valence-electron chi connectivity index (χ3n) is 5.77. The first-order valence-electron chi connectivity index (χ1n) is 10.3. The highest BCUT2D eigenvalue weighted by atomic mass is 19.1. The summed E-state index contributed by atoms with van der Waals surface area (Å²) >= 11 is 0. The number of carbonyl (C=O) groups excluding carboxylic acids is 2. The summed E-state index contributed by atoms with van der Waals surface area (Å²) in [5.41, 5.74) is 2.82. The van der Waals surface area contributed by atoms with Crippen molar-refractivity contribution in [1.82, 2.24) is 9.80 Å². The lowest BCUT2D eigenvalue weighted by atomic mass is 10.1. The Kier molecular flexibility index (Phi) is 7.35. The Morgan fingerprint density at radius 3 is 2.42 bits per heavy atom. The molecular formula is C23H28F2N4O2. The van der Waals surface area contributed by atoms with Crippen molar-refractivity contribution in [1.29, 1.82) is 0 Å². The van der Waals surface area contributed by atoms with Gasteiger partial charge in [-0.3, -0.25) is 19.4 Å². The summed E-state index contributed by atoms with van der Waals surface area (Å²) in [7, 11) is 0. The molecule has 0 bridgehead atoms. The number of anilines is 2. The highest BCUT2D eigenvalue weighted by molar-refractivity contribution is 5.95. The highest BCUT2D eigenvalue weighted by Crippen LogP contribution is 2.19. The van der Waals surface area contributed by atoms with E-state index in [0.29, 0.717) is 26.2 Å². The fourth-order valence-corrected chi connectivity index (χ4v) is 3.58. The average Bonchev–Trinajstić information content (AvgIpc) is 2.74. The van der Waals surface area contributed by atoms with E-state index in [1.54, 1.807) is 6.92 Å². The second-order valence-electron chi connectivity index (χ2n) is 7.90. The molecule has 1 unspecified atom stereocenters. The van der Waals surface area contributed by atoms with Gasteiger partial charge in [-0.1, -0.05) is 12.1 Å². The number of hydrogen-bond acceptors (Lipinski definition) is 4. The molecule has 0 spiro atoms. The van der Waals surface area contributed by atoms with Gasteiger partial charge in [-0.15, -0.1) is 0 Å². The molecular weight excluding hydrogens is 402 g/mol. The molecule has 31 heavy (non-hydrogen) atoms. The van der Waals surface area contributed by atoms with E-state index in [9.17, 15) is 18.4 Å². The quantitative estimate of drug-likeness (QED) is 0.739. The van der Waals surface area contributed by atoms with Crippen molar-refractivity contribution in [2.75, 3.05) is 43.4 Å². The number of carbonyl (C=O) groups is 2. The summed E-state index contributed by atoms with van der Waals surface area (Å²) in [5, 5.41) is 5.42. The summed E-state index contributed by atoms with van der Waals surface area (Å²) < 4.78 is 27.1. The summed E-state index contributed by atoms with van der Waals surface area (Å²) in [6, 6.07) is 8.26. The summed E-state index contributed by atoms with van der Waals surface area (Å²) in [6.07, 6.45) is 0. The van der Waals surface area contributed by atoms with Gasteiger partial charge in [0.1, 0.15) is 11.6 Å². The molecule has 1 saturated heterocycles. The Bertz CT molecular complexity index is 959. The largest absolute Gasteiger partial charge is 0.325 e. The van der Waals surface area contributed by atoms with Crippen LogP contribution >= 0.6 is 0 Å². The third kappa shape index (κ3) is 5.86. The zero-order valence-electron chi connectivity index (χ0n) is 18.0. The van der Waals surface area contributed by atoms with Crippen molar-refractivity contribution in [3.8, 4) is 0 Å². The number of nitrogens with zero attached hydrogens (tertiary/aromatic N) is 2. The topological polar surface area (TPSA) is 64.7 Å². The zero-order valence-corrected chi connectivity index (χ0v) is 18.0. The average molecular weight is 430 g/mol.